The average molecular weight is 590 g/mol. The Morgan fingerprint density at radius 1 is 1.13 bits per heavy atom. The van der Waals surface area contributed by atoms with Gasteiger partial charge in [0.2, 0.25) is 0 Å². The number of benzene rings is 1. The average Bonchev–Trinajstić information content (AvgIpc) is 3.12. The fourth-order valence-corrected chi connectivity index (χ4v) is 4.54. The quantitative estimate of drug-likeness (QED) is 0.396. The molecule has 0 aliphatic heterocycles. The molecule has 0 bridgehead atoms. The van der Waals surface area contributed by atoms with Crippen molar-refractivity contribution in [3.63, 3.8) is 0 Å². The monoisotopic (exact) mass is 587 g/mol. The molecule has 3 rings (SSSR count). The molecule has 7 nitrogen and oxygen atoms in total. The Balaban J connectivity index is 2.12. The first-order valence-electron chi connectivity index (χ1n) is 9.04. The lowest BCUT2D eigenvalue weighted by molar-refractivity contribution is 0.0803. The summed E-state index contributed by atoms with van der Waals surface area (Å²) in [6.07, 6.45) is 1.56. The van der Waals surface area contributed by atoms with Crippen LogP contribution in [0.3, 0.4) is 0 Å². The Morgan fingerprint density at radius 3 is 2.48 bits per heavy atom. The number of rotatable bonds is 5. The van der Waals surface area contributed by atoms with E-state index in [2.05, 4.69) is 41.9 Å². The molecule has 2 aromatic heterocycles. The topological polar surface area (TPSA) is 71.3 Å². The van der Waals surface area contributed by atoms with Crippen LogP contribution in [0.15, 0.2) is 45.6 Å². The summed E-state index contributed by atoms with van der Waals surface area (Å²) in [5, 5.41) is 5.01. The maximum Gasteiger partial charge on any atom is 0.276 e. The van der Waals surface area contributed by atoms with E-state index >= 15 is 0 Å². The van der Waals surface area contributed by atoms with Gasteiger partial charge < -0.3 is 9.80 Å². The van der Waals surface area contributed by atoms with E-state index in [0.717, 1.165) is 0 Å². The zero-order valence-corrected chi connectivity index (χ0v) is 21.4. The third-order valence-electron chi connectivity index (χ3n) is 4.56. The SMILES string of the molecule is CCN(C)C(=O)c1cc(Cl)cc(Br)c1N(C)C(=O)c1cc(Br)nn1-c1ncccc1Cl. The highest BCUT2D eigenvalue weighted by Crippen LogP contribution is 2.35. The van der Waals surface area contributed by atoms with Gasteiger partial charge in [-0.05, 0) is 63.0 Å². The van der Waals surface area contributed by atoms with Crippen molar-refractivity contribution >= 4 is 72.6 Å². The molecule has 0 saturated carbocycles. The van der Waals surface area contributed by atoms with Crippen molar-refractivity contribution in [1.82, 2.24) is 19.7 Å². The molecule has 0 atom stereocenters. The Morgan fingerprint density at radius 2 is 1.84 bits per heavy atom. The molecule has 0 unspecified atom stereocenters. The molecule has 0 aliphatic rings. The van der Waals surface area contributed by atoms with Crippen molar-refractivity contribution in [2.24, 2.45) is 0 Å². The van der Waals surface area contributed by atoms with Gasteiger partial charge >= 0.3 is 0 Å². The van der Waals surface area contributed by atoms with Crippen molar-refractivity contribution in [2.45, 2.75) is 6.92 Å². The van der Waals surface area contributed by atoms with Gasteiger partial charge in [-0.25, -0.2) is 9.67 Å². The minimum absolute atomic E-state index is 0.207. The van der Waals surface area contributed by atoms with Crippen LogP contribution in [0.5, 0.6) is 0 Å². The second-order valence-electron chi connectivity index (χ2n) is 6.54. The van der Waals surface area contributed by atoms with Crippen LogP contribution in [0.4, 0.5) is 5.69 Å². The van der Waals surface area contributed by atoms with Crippen molar-refractivity contribution in [1.29, 1.82) is 0 Å². The summed E-state index contributed by atoms with van der Waals surface area (Å²) in [7, 11) is 3.25. The standard InChI is InChI=1S/C20H17Br2Cl2N5O2/c1-4-27(2)19(30)12-8-11(23)9-13(21)17(12)28(3)20(31)15-10-16(22)26-29(15)18-14(24)6-5-7-25-18/h5-10H,4H2,1-3H3. The van der Waals surface area contributed by atoms with E-state index in [4.69, 9.17) is 23.2 Å². The van der Waals surface area contributed by atoms with Crippen LogP contribution in [0.25, 0.3) is 5.82 Å². The van der Waals surface area contributed by atoms with Gasteiger partial charge in [0.1, 0.15) is 10.3 Å². The zero-order chi connectivity index (χ0) is 22.9. The van der Waals surface area contributed by atoms with Crippen LogP contribution in [0, 0.1) is 0 Å². The molecular weight excluding hydrogens is 573 g/mol. The Kier molecular flexibility index (Phi) is 7.41. The lowest BCUT2D eigenvalue weighted by Gasteiger charge is -2.24. The van der Waals surface area contributed by atoms with Gasteiger partial charge in [-0.3, -0.25) is 9.59 Å². The first-order chi connectivity index (χ1) is 14.6. The Labute approximate surface area is 206 Å². The molecular formula is C20H17Br2Cl2N5O2. The van der Waals surface area contributed by atoms with E-state index in [1.165, 1.54) is 14.5 Å². The number of amides is 2. The van der Waals surface area contributed by atoms with Crippen LogP contribution in [0.1, 0.15) is 27.8 Å². The summed E-state index contributed by atoms with van der Waals surface area (Å²) >= 11 is 19.2. The molecule has 0 fully saturated rings. The maximum absolute atomic E-state index is 13.5. The van der Waals surface area contributed by atoms with Gasteiger partial charge in [-0.2, -0.15) is 5.10 Å². The molecule has 2 heterocycles. The number of hydrogen-bond acceptors (Lipinski definition) is 4. The second-order valence-corrected chi connectivity index (χ2v) is 9.05. The van der Waals surface area contributed by atoms with Crippen molar-refractivity contribution in [2.75, 3.05) is 25.5 Å². The van der Waals surface area contributed by atoms with Crippen LogP contribution in [-0.2, 0) is 0 Å². The van der Waals surface area contributed by atoms with E-state index in [9.17, 15) is 9.59 Å². The van der Waals surface area contributed by atoms with E-state index in [-0.39, 0.29) is 11.6 Å². The smallest absolute Gasteiger partial charge is 0.276 e. The minimum atomic E-state index is -0.420. The molecule has 0 aliphatic carbocycles. The highest BCUT2D eigenvalue weighted by molar-refractivity contribution is 9.10. The van der Waals surface area contributed by atoms with Gasteiger partial charge in [0.25, 0.3) is 11.8 Å². The maximum atomic E-state index is 13.5. The Bertz CT molecular complexity index is 1170. The molecule has 0 N–H and O–H groups in total. The first kappa shape index (κ1) is 23.7. The summed E-state index contributed by atoms with van der Waals surface area (Å²) in [6.45, 7) is 2.36. The molecule has 0 radical (unpaired) electrons. The fourth-order valence-electron chi connectivity index (χ4n) is 2.89. The number of carbonyl (C=O) groups is 2. The Hall–Kier alpha value is -1.94. The third-order valence-corrected chi connectivity index (χ3v) is 6.06. The van der Waals surface area contributed by atoms with Crippen LogP contribution < -0.4 is 4.90 Å². The second kappa shape index (κ2) is 9.68. The first-order valence-corrected chi connectivity index (χ1v) is 11.4. The van der Waals surface area contributed by atoms with E-state index in [1.54, 1.807) is 50.6 Å². The lowest BCUT2D eigenvalue weighted by atomic mass is 10.1. The molecule has 162 valence electrons. The normalized spacial score (nSPS) is 10.8. The summed E-state index contributed by atoms with van der Waals surface area (Å²) < 4.78 is 2.29. The van der Waals surface area contributed by atoms with E-state index in [1.807, 2.05) is 6.92 Å². The molecule has 3 aromatic rings. The number of anilines is 1. The minimum Gasteiger partial charge on any atom is -0.342 e. The number of nitrogens with zero attached hydrogens (tertiary/aromatic N) is 5. The number of carbonyl (C=O) groups excluding carboxylic acids is 2. The van der Waals surface area contributed by atoms with Crippen LogP contribution >= 0.6 is 55.1 Å². The van der Waals surface area contributed by atoms with E-state index in [0.29, 0.717) is 42.7 Å². The molecule has 31 heavy (non-hydrogen) atoms. The predicted molar refractivity (Wildman–Crippen MR) is 129 cm³/mol. The molecule has 1 aromatic carbocycles. The van der Waals surface area contributed by atoms with Crippen molar-refractivity contribution < 1.29 is 9.59 Å². The summed E-state index contributed by atoms with van der Waals surface area (Å²) in [5.74, 6) is -0.372. The van der Waals surface area contributed by atoms with Crippen LogP contribution in [-0.4, -0.2) is 52.1 Å². The highest BCUT2D eigenvalue weighted by Gasteiger charge is 2.28. The van der Waals surface area contributed by atoms with Gasteiger partial charge in [0, 0.05) is 42.4 Å². The van der Waals surface area contributed by atoms with Crippen LogP contribution in [0.2, 0.25) is 10.0 Å². The van der Waals surface area contributed by atoms with Gasteiger partial charge in [-0.15, -0.1) is 0 Å². The van der Waals surface area contributed by atoms with E-state index < -0.39 is 5.91 Å². The molecule has 11 heteroatoms. The molecule has 0 saturated heterocycles. The number of pyridine rings is 1. The van der Waals surface area contributed by atoms with Crippen molar-refractivity contribution in [3.8, 4) is 5.82 Å². The fraction of sp³-hybridized carbons (Fsp3) is 0.200. The number of halogens is 4. The zero-order valence-electron chi connectivity index (χ0n) is 16.7. The summed E-state index contributed by atoms with van der Waals surface area (Å²) in [4.78, 5) is 33.6. The highest BCUT2D eigenvalue weighted by atomic mass is 79.9. The lowest BCUT2D eigenvalue weighted by Crippen LogP contribution is -2.33. The summed E-state index contributed by atoms with van der Waals surface area (Å²) in [5.41, 5.74) is 0.885. The van der Waals surface area contributed by atoms with Gasteiger partial charge in [0.05, 0.1) is 16.3 Å². The molecule has 0 spiro atoms. The molecule has 2 amide bonds. The number of hydrogen-bond donors (Lipinski definition) is 0. The van der Waals surface area contributed by atoms with Gasteiger partial charge in [-0.1, -0.05) is 23.2 Å². The van der Waals surface area contributed by atoms with Gasteiger partial charge in [0.15, 0.2) is 5.82 Å². The van der Waals surface area contributed by atoms with Crippen molar-refractivity contribution in [3.05, 3.63) is 66.9 Å². The largest absolute Gasteiger partial charge is 0.342 e. The third kappa shape index (κ3) is 4.79. The summed E-state index contributed by atoms with van der Waals surface area (Å²) in [6, 6.07) is 8.08. The predicted octanol–water partition coefficient (Wildman–Crippen LogP) is 5.47. The number of aromatic nitrogens is 3.